The quantitative estimate of drug-likeness (QED) is 0.513. The molecule has 1 amide bonds. The summed E-state index contributed by atoms with van der Waals surface area (Å²) in [7, 11) is 0. The van der Waals surface area contributed by atoms with Gasteiger partial charge in [0.15, 0.2) is 0 Å². The standard InChI is InChI=1S/C22H22ClN5O2S/c1-3-31-22-26-21-25-13(2)18(20(24)29)19(28(21)27-22)14-8-10-16(11-9-14)30-12-15-6-4-5-7-17(15)23/h4-11,19H,3,12H2,1-2H3,(H2,24,29)(H,25,26,27). The van der Waals surface area contributed by atoms with Crippen molar-refractivity contribution < 1.29 is 9.53 Å². The van der Waals surface area contributed by atoms with Crippen LogP contribution in [0.25, 0.3) is 0 Å². The minimum Gasteiger partial charge on any atom is -0.489 e. The van der Waals surface area contributed by atoms with Gasteiger partial charge in [0, 0.05) is 16.3 Å². The van der Waals surface area contributed by atoms with E-state index >= 15 is 0 Å². The van der Waals surface area contributed by atoms with Crippen LogP contribution >= 0.6 is 23.4 Å². The summed E-state index contributed by atoms with van der Waals surface area (Å²) in [6.45, 7) is 4.22. The molecule has 0 radical (unpaired) electrons. The van der Waals surface area contributed by atoms with Crippen LogP contribution < -0.4 is 15.8 Å². The van der Waals surface area contributed by atoms with Crippen molar-refractivity contribution in [3.8, 4) is 5.75 Å². The van der Waals surface area contributed by atoms with E-state index in [0.29, 0.717) is 39.8 Å². The Kier molecular flexibility index (Phi) is 6.20. The van der Waals surface area contributed by atoms with Gasteiger partial charge in [-0.3, -0.25) is 4.79 Å². The lowest BCUT2D eigenvalue weighted by Gasteiger charge is -2.27. The fourth-order valence-electron chi connectivity index (χ4n) is 3.47. The SMILES string of the molecule is CCSc1nc2n(n1)C(c1ccc(OCc3ccccc3Cl)cc1)C(C(N)=O)=C(C)N2. The summed E-state index contributed by atoms with van der Waals surface area (Å²) < 4.78 is 7.59. The van der Waals surface area contributed by atoms with E-state index in [2.05, 4.69) is 15.4 Å². The number of rotatable bonds is 7. The fraction of sp³-hybridized carbons (Fsp3) is 0.227. The van der Waals surface area contributed by atoms with Crippen LogP contribution in [0.3, 0.4) is 0 Å². The molecule has 3 aromatic rings. The van der Waals surface area contributed by atoms with E-state index in [1.807, 2.05) is 62.4 Å². The molecular weight excluding hydrogens is 434 g/mol. The third-order valence-electron chi connectivity index (χ3n) is 4.92. The molecule has 1 aromatic heterocycles. The second-order valence-electron chi connectivity index (χ2n) is 6.98. The number of hydrogen-bond donors (Lipinski definition) is 2. The van der Waals surface area contributed by atoms with Gasteiger partial charge in [0.2, 0.25) is 17.0 Å². The molecule has 31 heavy (non-hydrogen) atoms. The average molecular weight is 456 g/mol. The molecule has 0 bridgehead atoms. The molecule has 3 N–H and O–H groups in total. The number of nitrogens with zero attached hydrogens (tertiary/aromatic N) is 3. The Morgan fingerprint density at radius 1 is 1.26 bits per heavy atom. The molecule has 0 saturated heterocycles. The normalized spacial score (nSPS) is 15.4. The van der Waals surface area contributed by atoms with Crippen molar-refractivity contribution in [1.82, 2.24) is 14.8 Å². The van der Waals surface area contributed by atoms with E-state index in [1.165, 1.54) is 11.8 Å². The molecule has 1 aliphatic rings. The van der Waals surface area contributed by atoms with E-state index in [0.717, 1.165) is 16.9 Å². The van der Waals surface area contributed by atoms with E-state index < -0.39 is 11.9 Å². The van der Waals surface area contributed by atoms with Crippen LogP contribution in [0.2, 0.25) is 5.02 Å². The van der Waals surface area contributed by atoms with E-state index in [4.69, 9.17) is 22.1 Å². The van der Waals surface area contributed by atoms with Crippen molar-refractivity contribution in [3.63, 3.8) is 0 Å². The number of carbonyl (C=O) groups excluding carboxylic acids is 1. The largest absolute Gasteiger partial charge is 0.489 e. The Bertz CT molecular complexity index is 1140. The number of halogens is 1. The van der Waals surface area contributed by atoms with Crippen LogP contribution in [0.1, 0.15) is 31.0 Å². The number of primary amides is 1. The van der Waals surface area contributed by atoms with Crippen molar-refractivity contribution >= 4 is 35.2 Å². The Balaban J connectivity index is 1.62. The molecular formula is C22H22ClN5O2S. The van der Waals surface area contributed by atoms with Gasteiger partial charge in [-0.2, -0.15) is 4.98 Å². The third kappa shape index (κ3) is 4.40. The highest BCUT2D eigenvalue weighted by Crippen LogP contribution is 2.36. The Labute approximate surface area is 189 Å². The molecule has 2 aromatic carbocycles. The number of nitrogens with one attached hydrogen (secondary N) is 1. The Morgan fingerprint density at radius 3 is 2.68 bits per heavy atom. The summed E-state index contributed by atoms with van der Waals surface area (Å²) in [6, 6.07) is 14.6. The van der Waals surface area contributed by atoms with Crippen LogP contribution in [-0.4, -0.2) is 26.4 Å². The molecule has 1 unspecified atom stereocenters. The Morgan fingerprint density at radius 2 is 2.00 bits per heavy atom. The number of hydrogen-bond acceptors (Lipinski definition) is 6. The number of thioether (sulfide) groups is 1. The first-order chi connectivity index (χ1) is 15.0. The highest BCUT2D eigenvalue weighted by Gasteiger charge is 2.33. The summed E-state index contributed by atoms with van der Waals surface area (Å²) in [4.78, 5) is 16.8. The smallest absolute Gasteiger partial charge is 0.248 e. The maximum atomic E-state index is 12.3. The summed E-state index contributed by atoms with van der Waals surface area (Å²) in [5.74, 6) is 1.63. The van der Waals surface area contributed by atoms with Crippen molar-refractivity contribution in [3.05, 3.63) is 76.0 Å². The number of allylic oxidation sites excluding steroid dienone is 1. The van der Waals surface area contributed by atoms with Crippen molar-refractivity contribution in [2.75, 3.05) is 11.1 Å². The van der Waals surface area contributed by atoms with Gasteiger partial charge in [0.05, 0.1) is 5.57 Å². The van der Waals surface area contributed by atoms with Gasteiger partial charge in [-0.25, -0.2) is 4.68 Å². The third-order valence-corrected chi connectivity index (χ3v) is 6.01. The lowest BCUT2D eigenvalue weighted by Crippen LogP contribution is -2.31. The zero-order valence-corrected chi connectivity index (χ0v) is 18.7. The molecule has 4 rings (SSSR count). The second-order valence-corrected chi connectivity index (χ2v) is 8.61. The number of nitrogens with two attached hydrogens (primary N) is 1. The van der Waals surface area contributed by atoms with Crippen LogP contribution in [0.15, 0.2) is 65.0 Å². The maximum absolute atomic E-state index is 12.3. The molecule has 2 heterocycles. The van der Waals surface area contributed by atoms with E-state index in [1.54, 1.807) is 4.68 Å². The predicted octanol–water partition coefficient (Wildman–Crippen LogP) is 4.40. The average Bonchev–Trinajstić information content (AvgIpc) is 3.14. The number of amides is 1. The summed E-state index contributed by atoms with van der Waals surface area (Å²) >= 11 is 7.73. The van der Waals surface area contributed by atoms with Crippen LogP contribution in [-0.2, 0) is 11.4 Å². The molecule has 9 heteroatoms. The molecule has 0 spiro atoms. The van der Waals surface area contributed by atoms with Crippen molar-refractivity contribution in [2.24, 2.45) is 5.73 Å². The predicted molar refractivity (Wildman–Crippen MR) is 122 cm³/mol. The first kappa shape index (κ1) is 21.3. The molecule has 0 aliphatic carbocycles. The highest BCUT2D eigenvalue weighted by atomic mass is 35.5. The molecule has 7 nitrogen and oxygen atoms in total. The van der Waals surface area contributed by atoms with Crippen LogP contribution in [0, 0.1) is 0 Å². The maximum Gasteiger partial charge on any atom is 0.248 e. The van der Waals surface area contributed by atoms with Gasteiger partial charge in [-0.15, -0.1) is 5.10 Å². The fourth-order valence-corrected chi connectivity index (χ4v) is 4.22. The van der Waals surface area contributed by atoms with Gasteiger partial charge in [0.1, 0.15) is 18.4 Å². The number of benzene rings is 2. The number of aromatic nitrogens is 3. The lowest BCUT2D eigenvalue weighted by molar-refractivity contribution is -0.115. The first-order valence-corrected chi connectivity index (χ1v) is 11.2. The summed E-state index contributed by atoms with van der Waals surface area (Å²) in [6.07, 6.45) is 0. The van der Waals surface area contributed by atoms with Crippen molar-refractivity contribution in [1.29, 1.82) is 0 Å². The molecule has 1 atom stereocenters. The van der Waals surface area contributed by atoms with Gasteiger partial charge in [0.25, 0.3) is 0 Å². The van der Waals surface area contributed by atoms with Gasteiger partial charge < -0.3 is 15.8 Å². The van der Waals surface area contributed by atoms with E-state index in [-0.39, 0.29) is 0 Å². The topological polar surface area (TPSA) is 95.1 Å². The first-order valence-electron chi connectivity index (χ1n) is 9.81. The lowest BCUT2D eigenvalue weighted by atomic mass is 9.95. The van der Waals surface area contributed by atoms with Crippen LogP contribution in [0.5, 0.6) is 5.75 Å². The second kappa shape index (κ2) is 9.03. The highest BCUT2D eigenvalue weighted by molar-refractivity contribution is 7.99. The molecule has 0 saturated carbocycles. The Hall–Kier alpha value is -2.97. The molecule has 0 fully saturated rings. The molecule has 160 valence electrons. The monoisotopic (exact) mass is 455 g/mol. The minimum atomic E-state index is -0.500. The summed E-state index contributed by atoms with van der Waals surface area (Å²) in [5.41, 5.74) is 8.62. The number of carbonyl (C=O) groups is 1. The van der Waals surface area contributed by atoms with Crippen LogP contribution in [0.4, 0.5) is 5.95 Å². The zero-order valence-electron chi connectivity index (χ0n) is 17.1. The van der Waals surface area contributed by atoms with Gasteiger partial charge in [-0.1, -0.05) is 60.6 Å². The van der Waals surface area contributed by atoms with Gasteiger partial charge >= 0.3 is 0 Å². The molecule has 1 aliphatic heterocycles. The minimum absolute atomic E-state index is 0.364. The van der Waals surface area contributed by atoms with Crippen molar-refractivity contribution in [2.45, 2.75) is 31.7 Å². The summed E-state index contributed by atoms with van der Waals surface area (Å²) in [5, 5.41) is 9.05. The van der Waals surface area contributed by atoms with Gasteiger partial charge in [-0.05, 0) is 36.4 Å². The number of ether oxygens (including phenoxy) is 1. The number of anilines is 1. The zero-order chi connectivity index (χ0) is 22.0. The number of fused-ring (bicyclic) bond motifs is 1. The van der Waals surface area contributed by atoms with E-state index in [9.17, 15) is 4.79 Å².